The average Bonchev–Trinajstić information content (AvgIpc) is 1.88. The van der Waals surface area contributed by atoms with Gasteiger partial charge in [-0.05, 0) is 18.6 Å². The van der Waals surface area contributed by atoms with Crippen LogP contribution in [0.5, 0.6) is 5.75 Å². The fourth-order valence-electron chi connectivity index (χ4n) is 0.757. The minimum atomic E-state index is -0.553. The van der Waals surface area contributed by atoms with E-state index in [0.29, 0.717) is 0 Å². The molecule has 1 aromatic heterocycles. The van der Waals surface area contributed by atoms with Gasteiger partial charge in [0.1, 0.15) is 0 Å². The Morgan fingerprint density at radius 2 is 2.30 bits per heavy atom. The first-order chi connectivity index (χ1) is 4.75. The summed E-state index contributed by atoms with van der Waals surface area (Å²) < 4.78 is 17.4. The highest BCUT2D eigenvalue weighted by molar-refractivity contribution is 5.29. The summed E-state index contributed by atoms with van der Waals surface area (Å²) in [5.74, 6) is -0.329. The number of hydrogen-bond acceptors (Lipinski definition) is 2. The Bertz CT molecular complexity index is 217. The minimum Gasteiger partial charge on any atom is -0.492 e. The summed E-state index contributed by atoms with van der Waals surface area (Å²) in [5, 5.41) is 0. The van der Waals surface area contributed by atoms with E-state index in [0.717, 1.165) is 5.56 Å². The van der Waals surface area contributed by atoms with E-state index in [2.05, 4.69) is 4.98 Å². The highest BCUT2D eigenvalue weighted by Crippen LogP contribution is 2.17. The first-order valence-electron chi connectivity index (χ1n) is 2.91. The van der Waals surface area contributed by atoms with Crippen molar-refractivity contribution in [1.29, 1.82) is 0 Å². The quantitative estimate of drug-likeness (QED) is 0.553. The fourth-order valence-corrected chi connectivity index (χ4v) is 0.757. The Morgan fingerprint density at radius 3 is 2.70 bits per heavy atom. The number of pyridine rings is 1. The maximum Gasteiger partial charge on any atom is 0.255 e. The second-order valence-corrected chi connectivity index (χ2v) is 1.95. The molecule has 0 saturated heterocycles. The van der Waals surface area contributed by atoms with E-state index in [1.165, 1.54) is 13.3 Å². The molecular formula is C7H8FNO. The first kappa shape index (κ1) is 6.99. The third kappa shape index (κ3) is 1.07. The molecule has 0 fully saturated rings. The summed E-state index contributed by atoms with van der Waals surface area (Å²) in [7, 11) is 1.42. The molecule has 2 nitrogen and oxygen atoms in total. The highest BCUT2D eigenvalue weighted by atomic mass is 19.1. The van der Waals surface area contributed by atoms with Crippen molar-refractivity contribution >= 4 is 0 Å². The van der Waals surface area contributed by atoms with Crippen molar-refractivity contribution in [2.24, 2.45) is 0 Å². The van der Waals surface area contributed by atoms with Crippen LogP contribution in [0.3, 0.4) is 0 Å². The maximum atomic E-state index is 12.6. The van der Waals surface area contributed by atoms with Gasteiger partial charge in [0.05, 0.1) is 7.11 Å². The van der Waals surface area contributed by atoms with Crippen LogP contribution in [-0.4, -0.2) is 12.1 Å². The Balaban J connectivity index is 3.17. The molecule has 0 aliphatic carbocycles. The van der Waals surface area contributed by atoms with Crippen LogP contribution in [0.15, 0.2) is 12.3 Å². The van der Waals surface area contributed by atoms with Crippen molar-refractivity contribution < 1.29 is 9.13 Å². The molecule has 54 valence electrons. The van der Waals surface area contributed by atoms with Gasteiger partial charge in [-0.25, -0.2) is 4.98 Å². The minimum absolute atomic E-state index is 0.225. The van der Waals surface area contributed by atoms with Gasteiger partial charge in [0.2, 0.25) is 0 Å². The van der Waals surface area contributed by atoms with E-state index in [1.807, 2.05) is 0 Å². The molecule has 0 N–H and O–H groups in total. The van der Waals surface area contributed by atoms with Crippen LogP contribution in [0.4, 0.5) is 4.39 Å². The zero-order valence-electron chi connectivity index (χ0n) is 5.89. The zero-order chi connectivity index (χ0) is 7.56. The Hall–Kier alpha value is -1.12. The van der Waals surface area contributed by atoms with Gasteiger partial charge >= 0.3 is 0 Å². The summed E-state index contributed by atoms with van der Waals surface area (Å²) in [4.78, 5) is 3.42. The second-order valence-electron chi connectivity index (χ2n) is 1.95. The Labute approximate surface area is 58.7 Å². The molecule has 1 rings (SSSR count). The van der Waals surface area contributed by atoms with Crippen molar-refractivity contribution in [2.45, 2.75) is 6.92 Å². The number of ether oxygens (including phenoxy) is 1. The molecule has 0 saturated carbocycles. The number of halogens is 1. The molecule has 0 spiro atoms. The number of rotatable bonds is 1. The van der Waals surface area contributed by atoms with Crippen LogP contribution in [-0.2, 0) is 0 Å². The molecule has 0 aliphatic rings. The summed E-state index contributed by atoms with van der Waals surface area (Å²) in [5.41, 5.74) is 0.759. The summed E-state index contributed by atoms with van der Waals surface area (Å²) in [6, 6.07) is 1.70. The lowest BCUT2D eigenvalue weighted by Gasteiger charge is -2.02. The van der Waals surface area contributed by atoms with Gasteiger partial charge in [0, 0.05) is 6.20 Å². The number of hydrogen-bond donors (Lipinski definition) is 0. The van der Waals surface area contributed by atoms with Crippen LogP contribution < -0.4 is 4.74 Å². The van der Waals surface area contributed by atoms with E-state index in [1.54, 1.807) is 13.0 Å². The molecule has 0 amide bonds. The van der Waals surface area contributed by atoms with Gasteiger partial charge in [0.25, 0.3) is 5.95 Å². The van der Waals surface area contributed by atoms with Gasteiger partial charge in [-0.3, -0.25) is 0 Å². The van der Waals surface area contributed by atoms with Crippen molar-refractivity contribution in [3.05, 3.63) is 23.8 Å². The molecule has 10 heavy (non-hydrogen) atoms. The predicted molar refractivity (Wildman–Crippen MR) is 35.5 cm³/mol. The van der Waals surface area contributed by atoms with E-state index in [9.17, 15) is 4.39 Å². The van der Waals surface area contributed by atoms with Gasteiger partial charge in [-0.2, -0.15) is 4.39 Å². The van der Waals surface area contributed by atoms with E-state index in [4.69, 9.17) is 4.74 Å². The van der Waals surface area contributed by atoms with Gasteiger partial charge in [-0.15, -0.1) is 0 Å². The molecule has 0 unspecified atom stereocenters. The lowest BCUT2D eigenvalue weighted by atomic mass is 10.3. The number of methoxy groups -OCH3 is 1. The van der Waals surface area contributed by atoms with Crippen molar-refractivity contribution in [3.63, 3.8) is 0 Å². The summed E-state index contributed by atoms with van der Waals surface area (Å²) in [6.45, 7) is 1.77. The number of aryl methyl sites for hydroxylation is 1. The van der Waals surface area contributed by atoms with Crippen molar-refractivity contribution in [2.75, 3.05) is 7.11 Å². The lowest BCUT2D eigenvalue weighted by Crippen LogP contribution is -1.93. The SMILES string of the molecule is COc1c(C)ccnc1F. The molecule has 0 atom stereocenters. The standard InChI is InChI=1S/C7H8FNO/c1-5-3-4-9-7(8)6(5)10-2/h3-4H,1-2H3. The fraction of sp³-hybridized carbons (Fsp3) is 0.286. The average molecular weight is 141 g/mol. The number of nitrogens with zero attached hydrogens (tertiary/aromatic N) is 1. The van der Waals surface area contributed by atoms with Crippen LogP contribution in [0, 0.1) is 12.9 Å². The van der Waals surface area contributed by atoms with E-state index < -0.39 is 5.95 Å². The highest BCUT2D eigenvalue weighted by Gasteiger charge is 2.04. The van der Waals surface area contributed by atoms with E-state index >= 15 is 0 Å². The summed E-state index contributed by atoms with van der Waals surface area (Å²) >= 11 is 0. The molecule has 1 aromatic rings. The molecule has 0 bridgehead atoms. The smallest absolute Gasteiger partial charge is 0.255 e. The molecule has 0 aliphatic heterocycles. The van der Waals surface area contributed by atoms with Crippen LogP contribution in [0.1, 0.15) is 5.56 Å². The molecule has 0 aromatic carbocycles. The van der Waals surface area contributed by atoms with Gasteiger partial charge in [-0.1, -0.05) is 0 Å². The molecule has 3 heteroatoms. The first-order valence-corrected chi connectivity index (χ1v) is 2.91. The molecule has 0 radical (unpaired) electrons. The second kappa shape index (κ2) is 2.64. The maximum absolute atomic E-state index is 12.6. The largest absolute Gasteiger partial charge is 0.492 e. The van der Waals surface area contributed by atoms with Crippen LogP contribution >= 0.6 is 0 Å². The normalized spacial score (nSPS) is 9.50. The molecule has 1 heterocycles. The summed E-state index contributed by atoms with van der Waals surface area (Å²) in [6.07, 6.45) is 1.41. The topological polar surface area (TPSA) is 22.1 Å². The predicted octanol–water partition coefficient (Wildman–Crippen LogP) is 1.54. The molecular weight excluding hydrogens is 133 g/mol. The zero-order valence-corrected chi connectivity index (χ0v) is 5.89. The van der Waals surface area contributed by atoms with Gasteiger partial charge in [0.15, 0.2) is 5.75 Å². The number of aromatic nitrogens is 1. The van der Waals surface area contributed by atoms with Gasteiger partial charge < -0.3 is 4.74 Å². The lowest BCUT2D eigenvalue weighted by molar-refractivity contribution is 0.374. The third-order valence-electron chi connectivity index (χ3n) is 1.26. The Kier molecular flexibility index (Phi) is 1.85. The Morgan fingerprint density at radius 1 is 1.60 bits per heavy atom. The monoisotopic (exact) mass is 141 g/mol. The van der Waals surface area contributed by atoms with Crippen LogP contribution in [0.2, 0.25) is 0 Å². The van der Waals surface area contributed by atoms with E-state index in [-0.39, 0.29) is 5.75 Å². The van der Waals surface area contributed by atoms with Crippen molar-refractivity contribution in [1.82, 2.24) is 4.98 Å². The third-order valence-corrected chi connectivity index (χ3v) is 1.26. The van der Waals surface area contributed by atoms with Crippen molar-refractivity contribution in [3.8, 4) is 5.75 Å². The van der Waals surface area contributed by atoms with Crippen LogP contribution in [0.25, 0.3) is 0 Å².